The Morgan fingerprint density at radius 1 is 1.12 bits per heavy atom. The fourth-order valence-electron chi connectivity index (χ4n) is 3.89. The number of hydrogen-bond acceptors (Lipinski definition) is 3. The molecule has 2 aromatic carbocycles. The summed E-state index contributed by atoms with van der Waals surface area (Å²) in [4.78, 5) is 17.1. The van der Waals surface area contributed by atoms with E-state index in [1.54, 1.807) is 31.4 Å². The Balaban J connectivity index is 1.95. The molecular weight excluding hydrogens is 436 g/mol. The van der Waals surface area contributed by atoms with Crippen LogP contribution in [0, 0.1) is 11.6 Å². The van der Waals surface area contributed by atoms with Crippen molar-refractivity contribution in [3.05, 3.63) is 92.9 Å². The molecule has 0 aliphatic carbocycles. The molecule has 0 amide bonds. The Morgan fingerprint density at radius 2 is 1.84 bits per heavy atom. The SMILES string of the molecule is C[C@@H]1N=C(c2ccc(F)cc2)c2cc(F)c(CCNS(=O)O)cc2-c2cn(C)c(=O)cc21. The van der Waals surface area contributed by atoms with Gasteiger partial charge in [0.2, 0.25) is 11.3 Å². The van der Waals surface area contributed by atoms with Crippen molar-refractivity contribution in [2.45, 2.75) is 19.4 Å². The van der Waals surface area contributed by atoms with Gasteiger partial charge in [-0.2, -0.15) is 0 Å². The van der Waals surface area contributed by atoms with E-state index in [0.29, 0.717) is 33.5 Å². The molecule has 1 aromatic heterocycles. The predicted molar refractivity (Wildman–Crippen MR) is 120 cm³/mol. The minimum atomic E-state index is -2.19. The van der Waals surface area contributed by atoms with Crippen molar-refractivity contribution in [3.63, 3.8) is 0 Å². The van der Waals surface area contributed by atoms with Gasteiger partial charge < -0.3 is 4.57 Å². The van der Waals surface area contributed by atoms with Crippen LogP contribution in [0.2, 0.25) is 0 Å². The zero-order chi connectivity index (χ0) is 23.0. The molecule has 2 N–H and O–H groups in total. The second-order valence-electron chi connectivity index (χ2n) is 7.63. The predicted octanol–water partition coefficient (Wildman–Crippen LogP) is 3.51. The van der Waals surface area contributed by atoms with Crippen LogP contribution in [0.3, 0.4) is 0 Å². The normalized spacial score (nSPS) is 16.0. The molecule has 0 spiro atoms. The summed E-state index contributed by atoms with van der Waals surface area (Å²) in [5.74, 6) is -0.872. The number of rotatable bonds is 5. The van der Waals surface area contributed by atoms with E-state index in [1.165, 1.54) is 28.8 Å². The summed E-state index contributed by atoms with van der Waals surface area (Å²) in [7, 11) is 1.64. The van der Waals surface area contributed by atoms with Crippen LogP contribution in [0.1, 0.15) is 35.2 Å². The monoisotopic (exact) mass is 457 g/mol. The molecule has 0 bridgehead atoms. The van der Waals surface area contributed by atoms with Gasteiger partial charge in [0.25, 0.3) is 5.56 Å². The van der Waals surface area contributed by atoms with Crippen molar-refractivity contribution >= 4 is 17.0 Å². The van der Waals surface area contributed by atoms with E-state index in [-0.39, 0.29) is 18.5 Å². The molecule has 166 valence electrons. The van der Waals surface area contributed by atoms with Crippen LogP contribution in [-0.2, 0) is 24.7 Å². The smallest absolute Gasteiger partial charge is 0.250 e. The lowest BCUT2D eigenvalue weighted by molar-refractivity contribution is 0.547. The fourth-order valence-corrected chi connectivity index (χ4v) is 4.16. The van der Waals surface area contributed by atoms with E-state index in [4.69, 9.17) is 9.55 Å². The number of pyridine rings is 1. The summed E-state index contributed by atoms with van der Waals surface area (Å²) < 4.78 is 52.2. The summed E-state index contributed by atoms with van der Waals surface area (Å²) in [6.07, 6.45) is 1.89. The zero-order valence-corrected chi connectivity index (χ0v) is 18.2. The summed E-state index contributed by atoms with van der Waals surface area (Å²) in [6.45, 7) is 1.96. The third kappa shape index (κ3) is 4.32. The number of benzene rings is 2. The number of aromatic nitrogens is 1. The Labute approximate surface area is 186 Å². The van der Waals surface area contributed by atoms with Crippen LogP contribution in [0.25, 0.3) is 11.1 Å². The molecule has 1 aliphatic heterocycles. The summed E-state index contributed by atoms with van der Waals surface area (Å²) in [5, 5.41) is 0. The molecule has 0 fully saturated rings. The van der Waals surface area contributed by atoms with Gasteiger partial charge in [-0.15, -0.1) is 0 Å². The highest BCUT2D eigenvalue weighted by Gasteiger charge is 2.25. The van der Waals surface area contributed by atoms with Crippen molar-refractivity contribution in [2.75, 3.05) is 6.54 Å². The van der Waals surface area contributed by atoms with E-state index in [0.717, 1.165) is 5.56 Å². The number of fused-ring (bicyclic) bond motifs is 3. The highest BCUT2D eigenvalue weighted by Crippen LogP contribution is 2.38. The molecule has 0 radical (unpaired) electrons. The first-order chi connectivity index (χ1) is 15.2. The average Bonchev–Trinajstić information content (AvgIpc) is 2.84. The van der Waals surface area contributed by atoms with Gasteiger partial charge in [-0.1, -0.05) is 0 Å². The van der Waals surface area contributed by atoms with E-state index in [9.17, 15) is 13.4 Å². The van der Waals surface area contributed by atoms with Crippen LogP contribution < -0.4 is 10.3 Å². The first kappa shape index (κ1) is 22.2. The molecule has 1 aliphatic rings. The van der Waals surface area contributed by atoms with E-state index in [1.807, 2.05) is 6.92 Å². The van der Waals surface area contributed by atoms with Gasteiger partial charge in [0.1, 0.15) is 11.6 Å². The van der Waals surface area contributed by atoms with Gasteiger partial charge in [-0.25, -0.2) is 17.7 Å². The van der Waals surface area contributed by atoms with Crippen molar-refractivity contribution in [2.24, 2.45) is 12.0 Å². The van der Waals surface area contributed by atoms with Gasteiger partial charge in [-0.05, 0) is 66.4 Å². The topological polar surface area (TPSA) is 83.7 Å². The van der Waals surface area contributed by atoms with Gasteiger partial charge >= 0.3 is 0 Å². The maximum Gasteiger partial charge on any atom is 0.250 e. The maximum atomic E-state index is 15.1. The molecule has 0 saturated heterocycles. The second kappa shape index (κ2) is 8.85. The van der Waals surface area contributed by atoms with Gasteiger partial charge in [-0.3, -0.25) is 14.3 Å². The molecule has 0 saturated carbocycles. The lowest BCUT2D eigenvalue weighted by Crippen LogP contribution is -2.20. The maximum absolute atomic E-state index is 15.1. The highest BCUT2D eigenvalue weighted by molar-refractivity contribution is 7.77. The number of hydrogen-bond donors (Lipinski definition) is 2. The zero-order valence-electron chi connectivity index (χ0n) is 17.4. The number of halogens is 2. The van der Waals surface area contributed by atoms with E-state index >= 15 is 4.39 Å². The Morgan fingerprint density at radius 3 is 2.53 bits per heavy atom. The number of nitrogens with one attached hydrogen (secondary N) is 1. The van der Waals surface area contributed by atoms with Crippen LogP contribution >= 0.6 is 0 Å². The number of aliphatic imine (C=N–C) groups is 1. The van der Waals surface area contributed by atoms with Crippen LogP contribution in [0.15, 0.2) is 58.4 Å². The van der Waals surface area contributed by atoms with E-state index in [2.05, 4.69) is 4.72 Å². The number of aryl methyl sites for hydroxylation is 1. The standard InChI is InChI=1S/C23H21F2N3O3S/c1-13-17-11-22(29)28(2)12-20(17)18-9-15(7-8-26-32(30)31)21(25)10-19(18)23(27-13)14-3-5-16(24)6-4-14/h3-6,9-13,26H,7-8H2,1-2H3,(H,30,31)/t13-/m0/s1. The van der Waals surface area contributed by atoms with Crippen LogP contribution in [-0.4, -0.2) is 25.6 Å². The second-order valence-corrected chi connectivity index (χ2v) is 8.42. The molecule has 9 heteroatoms. The van der Waals surface area contributed by atoms with Crippen LogP contribution in [0.4, 0.5) is 8.78 Å². The third-order valence-electron chi connectivity index (χ3n) is 5.50. The lowest BCUT2D eigenvalue weighted by Gasteiger charge is -2.15. The van der Waals surface area contributed by atoms with Gasteiger partial charge in [0, 0.05) is 42.5 Å². The highest BCUT2D eigenvalue weighted by atomic mass is 32.2. The molecule has 3 aromatic rings. The third-order valence-corrected chi connectivity index (χ3v) is 5.95. The lowest BCUT2D eigenvalue weighted by atomic mass is 9.90. The molecule has 4 rings (SSSR count). The van der Waals surface area contributed by atoms with Gasteiger partial charge in [0.15, 0.2) is 0 Å². The van der Waals surface area contributed by atoms with Crippen molar-refractivity contribution < 1.29 is 17.5 Å². The number of nitrogens with zero attached hydrogens (tertiary/aromatic N) is 2. The molecule has 1 unspecified atom stereocenters. The van der Waals surface area contributed by atoms with E-state index < -0.39 is 28.9 Å². The first-order valence-corrected chi connectivity index (χ1v) is 11.1. The largest absolute Gasteiger partial charge is 0.318 e. The molecule has 2 heterocycles. The van der Waals surface area contributed by atoms with Gasteiger partial charge in [0.05, 0.1) is 11.8 Å². The van der Waals surface area contributed by atoms with Crippen molar-refractivity contribution in [3.8, 4) is 11.1 Å². The quantitative estimate of drug-likeness (QED) is 0.575. The first-order valence-electron chi connectivity index (χ1n) is 9.96. The summed E-state index contributed by atoms with van der Waals surface area (Å²) >= 11 is -2.19. The molecule has 2 atom stereocenters. The minimum absolute atomic E-state index is 0.105. The van der Waals surface area contributed by atoms with Crippen molar-refractivity contribution in [1.82, 2.24) is 9.29 Å². The Hall–Kier alpha value is -3.01. The Bertz CT molecular complexity index is 1300. The van der Waals surface area contributed by atoms with Crippen LogP contribution in [0.5, 0.6) is 0 Å². The summed E-state index contributed by atoms with van der Waals surface area (Å²) in [6, 6.07) is 10.0. The minimum Gasteiger partial charge on any atom is -0.318 e. The molecule has 32 heavy (non-hydrogen) atoms. The Kier molecular flexibility index (Phi) is 6.14. The fraction of sp³-hybridized carbons (Fsp3) is 0.217. The molecule has 6 nitrogen and oxygen atoms in total. The van der Waals surface area contributed by atoms with Crippen molar-refractivity contribution in [1.29, 1.82) is 0 Å². The average molecular weight is 458 g/mol. The molecular formula is C23H21F2N3O3S. The summed E-state index contributed by atoms with van der Waals surface area (Å²) in [5.41, 5.74) is 3.96.